The van der Waals surface area contributed by atoms with E-state index in [9.17, 15) is 14.4 Å². The van der Waals surface area contributed by atoms with Crippen molar-refractivity contribution in [2.45, 2.75) is 6.61 Å². The lowest BCUT2D eigenvalue weighted by atomic mass is 10.1. The Kier molecular flexibility index (Phi) is 4.37. The van der Waals surface area contributed by atoms with Crippen LogP contribution in [0, 0.1) is 0 Å². The van der Waals surface area contributed by atoms with Crippen LogP contribution in [0.4, 0.5) is 5.69 Å². The van der Waals surface area contributed by atoms with Gasteiger partial charge in [0.1, 0.15) is 12.4 Å². The van der Waals surface area contributed by atoms with E-state index in [0.717, 1.165) is 10.5 Å². The summed E-state index contributed by atoms with van der Waals surface area (Å²) >= 11 is 0. The van der Waals surface area contributed by atoms with Crippen molar-refractivity contribution >= 4 is 23.5 Å². The van der Waals surface area contributed by atoms with E-state index in [4.69, 9.17) is 9.84 Å². The van der Waals surface area contributed by atoms with Gasteiger partial charge in [-0.3, -0.25) is 9.59 Å². The van der Waals surface area contributed by atoms with E-state index in [-0.39, 0.29) is 24.0 Å². The van der Waals surface area contributed by atoms with Gasteiger partial charge in [0.2, 0.25) is 0 Å². The first-order valence-corrected chi connectivity index (χ1v) is 8.57. The van der Waals surface area contributed by atoms with Crippen molar-refractivity contribution in [1.29, 1.82) is 0 Å². The number of carbonyl (C=O) groups is 3. The van der Waals surface area contributed by atoms with Crippen molar-refractivity contribution in [1.82, 2.24) is 0 Å². The molecule has 1 aliphatic rings. The Balaban J connectivity index is 1.45. The fraction of sp³-hybridized carbons (Fsp3) is 0.0455. The van der Waals surface area contributed by atoms with Gasteiger partial charge < -0.3 is 9.84 Å². The molecule has 3 aromatic rings. The number of rotatable bonds is 5. The monoisotopic (exact) mass is 373 g/mol. The minimum Gasteiger partial charge on any atom is -0.489 e. The summed E-state index contributed by atoms with van der Waals surface area (Å²) in [4.78, 5) is 37.0. The molecule has 6 nitrogen and oxygen atoms in total. The summed E-state index contributed by atoms with van der Waals surface area (Å²) in [6, 6.07) is 19.8. The Morgan fingerprint density at radius 3 is 1.93 bits per heavy atom. The summed E-state index contributed by atoms with van der Waals surface area (Å²) in [5.41, 5.74) is 2.32. The number of anilines is 1. The molecule has 0 saturated carbocycles. The number of benzene rings is 3. The second kappa shape index (κ2) is 7.00. The van der Waals surface area contributed by atoms with Crippen molar-refractivity contribution in [3.8, 4) is 5.75 Å². The smallest absolute Gasteiger partial charge is 0.335 e. The van der Waals surface area contributed by atoms with Gasteiger partial charge in [-0.1, -0.05) is 24.3 Å². The van der Waals surface area contributed by atoms with Crippen molar-refractivity contribution in [3.63, 3.8) is 0 Å². The molecule has 0 spiro atoms. The second-order valence-corrected chi connectivity index (χ2v) is 6.28. The first kappa shape index (κ1) is 17.5. The number of carbonyl (C=O) groups excluding carboxylic acids is 2. The topological polar surface area (TPSA) is 83.9 Å². The van der Waals surface area contributed by atoms with Crippen LogP contribution in [0.3, 0.4) is 0 Å². The zero-order chi connectivity index (χ0) is 19.7. The highest BCUT2D eigenvalue weighted by Gasteiger charge is 2.36. The van der Waals surface area contributed by atoms with Crippen molar-refractivity contribution in [3.05, 3.63) is 95.1 Å². The molecule has 1 heterocycles. The molecule has 3 aromatic carbocycles. The number of fused-ring (bicyclic) bond motifs is 1. The van der Waals surface area contributed by atoms with Gasteiger partial charge in [-0.2, -0.15) is 0 Å². The third-order valence-corrected chi connectivity index (χ3v) is 4.50. The molecule has 4 rings (SSSR count). The molecule has 2 amide bonds. The lowest BCUT2D eigenvalue weighted by Crippen LogP contribution is -2.29. The van der Waals surface area contributed by atoms with E-state index in [2.05, 4.69) is 0 Å². The third kappa shape index (κ3) is 3.12. The highest BCUT2D eigenvalue weighted by molar-refractivity contribution is 6.34. The summed E-state index contributed by atoms with van der Waals surface area (Å²) in [5.74, 6) is -1.08. The molecular formula is C22H15NO5. The van der Waals surface area contributed by atoms with Crippen LogP contribution in [0.2, 0.25) is 0 Å². The number of carboxylic acids is 1. The number of aromatic carboxylic acids is 1. The zero-order valence-corrected chi connectivity index (χ0v) is 14.7. The number of ether oxygens (including phenoxy) is 1. The van der Waals surface area contributed by atoms with Crippen LogP contribution >= 0.6 is 0 Å². The summed E-state index contributed by atoms with van der Waals surface area (Å²) in [5, 5.41) is 8.91. The van der Waals surface area contributed by atoms with Crippen LogP contribution in [0.1, 0.15) is 36.6 Å². The first-order chi connectivity index (χ1) is 13.5. The van der Waals surface area contributed by atoms with Crippen molar-refractivity contribution in [2.75, 3.05) is 4.90 Å². The minimum absolute atomic E-state index is 0.217. The number of hydrogen-bond acceptors (Lipinski definition) is 4. The molecule has 0 radical (unpaired) electrons. The van der Waals surface area contributed by atoms with Crippen LogP contribution in [0.15, 0.2) is 72.8 Å². The van der Waals surface area contributed by atoms with E-state index in [1.165, 1.54) is 12.1 Å². The molecule has 0 bridgehead atoms. The molecule has 1 N–H and O–H groups in total. The average Bonchev–Trinajstić information content (AvgIpc) is 2.98. The third-order valence-electron chi connectivity index (χ3n) is 4.50. The molecule has 0 aliphatic carbocycles. The molecule has 0 aromatic heterocycles. The fourth-order valence-electron chi connectivity index (χ4n) is 3.03. The predicted molar refractivity (Wildman–Crippen MR) is 102 cm³/mol. The van der Waals surface area contributed by atoms with Gasteiger partial charge >= 0.3 is 5.97 Å². The summed E-state index contributed by atoms with van der Waals surface area (Å²) in [6.07, 6.45) is 0. The highest BCUT2D eigenvalue weighted by Crippen LogP contribution is 2.29. The Morgan fingerprint density at radius 1 is 0.821 bits per heavy atom. The van der Waals surface area contributed by atoms with Crippen molar-refractivity contribution < 1.29 is 24.2 Å². The quantitative estimate of drug-likeness (QED) is 0.689. The van der Waals surface area contributed by atoms with E-state index < -0.39 is 5.97 Å². The van der Waals surface area contributed by atoms with Gasteiger partial charge in [-0.25, -0.2) is 9.69 Å². The number of amides is 2. The van der Waals surface area contributed by atoms with E-state index in [0.29, 0.717) is 22.6 Å². The molecule has 0 fully saturated rings. The van der Waals surface area contributed by atoms with Gasteiger partial charge in [-0.15, -0.1) is 0 Å². The molecule has 0 atom stereocenters. The average molecular weight is 373 g/mol. The van der Waals surface area contributed by atoms with Gasteiger partial charge in [0.25, 0.3) is 11.8 Å². The SMILES string of the molecule is O=C(O)c1ccc(COc2ccc(N3C(=O)c4ccccc4C3=O)cc2)cc1. The van der Waals surface area contributed by atoms with E-state index in [1.54, 1.807) is 60.7 Å². The lowest BCUT2D eigenvalue weighted by Gasteiger charge is -2.14. The van der Waals surface area contributed by atoms with Gasteiger partial charge in [0, 0.05) is 0 Å². The number of carboxylic acid groups (broad SMARTS) is 1. The zero-order valence-electron chi connectivity index (χ0n) is 14.7. The standard InChI is InChI=1S/C22H15NO5/c24-20-18-3-1-2-4-19(18)21(25)23(20)16-9-11-17(12-10-16)28-13-14-5-7-15(8-6-14)22(26)27/h1-12H,13H2,(H,26,27). The molecule has 138 valence electrons. The van der Waals surface area contributed by atoms with Crippen molar-refractivity contribution in [2.24, 2.45) is 0 Å². The Bertz CT molecular complexity index is 1040. The second-order valence-electron chi connectivity index (χ2n) is 6.28. The predicted octanol–water partition coefficient (Wildman–Crippen LogP) is 3.76. The van der Waals surface area contributed by atoms with Gasteiger partial charge in [0.15, 0.2) is 0 Å². The molecular weight excluding hydrogens is 358 g/mol. The van der Waals surface area contributed by atoms with Gasteiger partial charge in [-0.05, 0) is 54.1 Å². The Labute approximate surface area is 160 Å². The first-order valence-electron chi connectivity index (χ1n) is 8.57. The minimum atomic E-state index is -0.976. The summed E-state index contributed by atoms with van der Waals surface area (Å²) in [7, 11) is 0. The van der Waals surface area contributed by atoms with Gasteiger partial charge in [0.05, 0.1) is 22.4 Å². The molecule has 28 heavy (non-hydrogen) atoms. The largest absolute Gasteiger partial charge is 0.489 e. The maximum absolute atomic E-state index is 12.5. The summed E-state index contributed by atoms with van der Waals surface area (Å²) < 4.78 is 5.69. The van der Waals surface area contributed by atoms with Crippen LogP contribution < -0.4 is 9.64 Å². The fourth-order valence-corrected chi connectivity index (χ4v) is 3.03. The molecule has 0 saturated heterocycles. The normalized spacial score (nSPS) is 12.8. The maximum atomic E-state index is 12.5. The van der Waals surface area contributed by atoms with E-state index in [1.807, 2.05) is 0 Å². The van der Waals surface area contributed by atoms with E-state index >= 15 is 0 Å². The maximum Gasteiger partial charge on any atom is 0.335 e. The number of hydrogen-bond donors (Lipinski definition) is 1. The number of nitrogens with zero attached hydrogens (tertiary/aromatic N) is 1. The number of imide groups is 1. The Hall–Kier alpha value is -3.93. The highest BCUT2D eigenvalue weighted by atomic mass is 16.5. The van der Waals surface area contributed by atoms with Crippen LogP contribution in [-0.2, 0) is 6.61 Å². The molecule has 1 aliphatic heterocycles. The lowest BCUT2D eigenvalue weighted by molar-refractivity contribution is 0.0696. The molecule has 6 heteroatoms. The summed E-state index contributed by atoms with van der Waals surface area (Å²) in [6.45, 7) is 0.270. The molecule has 0 unspecified atom stereocenters. The Morgan fingerprint density at radius 2 is 1.39 bits per heavy atom. The van der Waals surface area contributed by atoms with Crippen LogP contribution in [-0.4, -0.2) is 22.9 Å². The van der Waals surface area contributed by atoms with Crippen LogP contribution in [0.25, 0.3) is 0 Å². The van der Waals surface area contributed by atoms with Crippen LogP contribution in [0.5, 0.6) is 5.75 Å².